The van der Waals surface area contributed by atoms with E-state index in [0.29, 0.717) is 12.1 Å². The molecule has 2 heterocycles. The fourth-order valence-corrected chi connectivity index (χ4v) is 3.73. The first-order valence-electron chi connectivity index (χ1n) is 8.78. The molecule has 0 saturated carbocycles. The molecule has 0 spiro atoms. The van der Waals surface area contributed by atoms with Gasteiger partial charge in [-0.3, -0.25) is 14.3 Å². The highest BCUT2D eigenvalue weighted by Crippen LogP contribution is 2.22. The topological polar surface area (TPSA) is 38.1 Å². The van der Waals surface area contributed by atoms with Crippen molar-refractivity contribution in [2.45, 2.75) is 65.1 Å². The van der Waals surface area contributed by atoms with Crippen LogP contribution in [0.2, 0.25) is 0 Å². The van der Waals surface area contributed by atoms with Gasteiger partial charge in [0, 0.05) is 18.6 Å². The van der Waals surface area contributed by atoms with Gasteiger partial charge in [0.2, 0.25) is 0 Å². The molecule has 2 aromatic rings. The molecule has 23 heavy (non-hydrogen) atoms. The van der Waals surface area contributed by atoms with E-state index in [1.807, 2.05) is 25.1 Å². The van der Waals surface area contributed by atoms with Crippen LogP contribution in [0, 0.1) is 6.92 Å². The van der Waals surface area contributed by atoms with Gasteiger partial charge in [-0.25, -0.2) is 4.98 Å². The van der Waals surface area contributed by atoms with E-state index in [1.54, 1.807) is 10.9 Å². The third-order valence-electron chi connectivity index (χ3n) is 5.02. The van der Waals surface area contributed by atoms with Gasteiger partial charge in [-0.05, 0) is 58.7 Å². The van der Waals surface area contributed by atoms with Crippen molar-refractivity contribution in [2.75, 3.05) is 6.54 Å². The summed E-state index contributed by atoms with van der Waals surface area (Å²) >= 11 is 0. The normalized spacial score (nSPS) is 19.6. The monoisotopic (exact) mass is 313 g/mol. The molecule has 1 aromatic heterocycles. The molecule has 1 aliphatic rings. The average Bonchev–Trinajstić information content (AvgIpc) is 2.55. The summed E-state index contributed by atoms with van der Waals surface area (Å²) in [7, 11) is 0. The lowest BCUT2D eigenvalue weighted by Crippen LogP contribution is -2.44. The molecule has 1 atom stereocenters. The van der Waals surface area contributed by atoms with Crippen molar-refractivity contribution in [2.24, 2.45) is 0 Å². The minimum absolute atomic E-state index is 0.0885. The van der Waals surface area contributed by atoms with E-state index in [4.69, 9.17) is 0 Å². The zero-order valence-electron chi connectivity index (χ0n) is 14.5. The predicted molar refractivity (Wildman–Crippen MR) is 94.8 cm³/mol. The van der Waals surface area contributed by atoms with Crippen molar-refractivity contribution < 1.29 is 0 Å². The highest BCUT2D eigenvalue weighted by atomic mass is 16.1. The second kappa shape index (κ2) is 6.83. The molecule has 1 aliphatic heterocycles. The predicted octanol–water partition coefficient (Wildman–Crippen LogP) is 3.36. The molecule has 0 aliphatic carbocycles. The van der Waals surface area contributed by atoms with Gasteiger partial charge in [-0.15, -0.1) is 0 Å². The van der Waals surface area contributed by atoms with Crippen LogP contribution in [0.3, 0.4) is 0 Å². The van der Waals surface area contributed by atoms with E-state index in [2.05, 4.69) is 23.7 Å². The number of nitrogens with zero attached hydrogens (tertiary/aromatic N) is 3. The Bertz CT molecular complexity index is 735. The Labute approximate surface area is 138 Å². The Hall–Kier alpha value is -1.68. The SMILES string of the molecule is Cc1ccc2ncn(CCC3CCCCN3C(C)C)c(=O)c2c1. The number of hydrogen-bond donors (Lipinski definition) is 0. The quantitative estimate of drug-likeness (QED) is 0.869. The maximum Gasteiger partial charge on any atom is 0.261 e. The number of piperidine rings is 1. The molecule has 0 bridgehead atoms. The summed E-state index contributed by atoms with van der Waals surface area (Å²) in [6.45, 7) is 8.49. The summed E-state index contributed by atoms with van der Waals surface area (Å²) in [6, 6.07) is 7.04. The molecule has 1 aromatic carbocycles. The van der Waals surface area contributed by atoms with Gasteiger partial charge < -0.3 is 0 Å². The van der Waals surface area contributed by atoms with Crippen molar-refractivity contribution in [1.29, 1.82) is 0 Å². The van der Waals surface area contributed by atoms with Crippen LogP contribution in [0.15, 0.2) is 29.3 Å². The largest absolute Gasteiger partial charge is 0.299 e. The molecule has 4 heteroatoms. The summed E-state index contributed by atoms with van der Waals surface area (Å²) in [5, 5.41) is 0.733. The van der Waals surface area contributed by atoms with Crippen LogP contribution in [-0.2, 0) is 6.54 Å². The number of rotatable bonds is 4. The van der Waals surface area contributed by atoms with Crippen LogP contribution in [0.5, 0.6) is 0 Å². The number of benzene rings is 1. The van der Waals surface area contributed by atoms with E-state index < -0.39 is 0 Å². The van der Waals surface area contributed by atoms with E-state index >= 15 is 0 Å². The van der Waals surface area contributed by atoms with Gasteiger partial charge in [0.25, 0.3) is 5.56 Å². The van der Waals surface area contributed by atoms with Crippen molar-refractivity contribution in [3.8, 4) is 0 Å². The first-order chi connectivity index (χ1) is 11.1. The first kappa shape index (κ1) is 16.2. The molecular formula is C19H27N3O. The number of aryl methyl sites for hydroxylation is 2. The third kappa shape index (κ3) is 3.47. The van der Waals surface area contributed by atoms with Crippen molar-refractivity contribution >= 4 is 10.9 Å². The number of hydrogen-bond acceptors (Lipinski definition) is 3. The maximum atomic E-state index is 12.7. The van der Waals surface area contributed by atoms with Gasteiger partial charge in [-0.2, -0.15) is 0 Å². The van der Waals surface area contributed by atoms with E-state index in [1.165, 1.54) is 25.8 Å². The van der Waals surface area contributed by atoms with Gasteiger partial charge in [0.15, 0.2) is 0 Å². The summed E-state index contributed by atoms with van der Waals surface area (Å²) in [4.78, 5) is 19.7. The van der Waals surface area contributed by atoms with Crippen molar-refractivity contribution in [3.63, 3.8) is 0 Å². The average molecular weight is 313 g/mol. The van der Waals surface area contributed by atoms with Crippen molar-refractivity contribution in [1.82, 2.24) is 14.5 Å². The minimum atomic E-state index is 0.0885. The van der Waals surface area contributed by atoms with E-state index in [9.17, 15) is 4.79 Å². The zero-order chi connectivity index (χ0) is 16.4. The van der Waals surface area contributed by atoms with Crippen LogP contribution < -0.4 is 5.56 Å². The minimum Gasteiger partial charge on any atom is -0.299 e. The standard InChI is InChI=1S/C19H27N3O/c1-14(2)22-10-5-4-6-16(22)9-11-21-13-20-18-8-7-15(3)12-17(18)19(21)23/h7-8,12-14,16H,4-6,9-11H2,1-3H3. The molecule has 4 nitrogen and oxygen atoms in total. The smallest absolute Gasteiger partial charge is 0.261 e. The highest BCUT2D eigenvalue weighted by Gasteiger charge is 2.24. The fraction of sp³-hybridized carbons (Fsp3) is 0.579. The van der Waals surface area contributed by atoms with E-state index in [-0.39, 0.29) is 5.56 Å². The van der Waals surface area contributed by atoms with Crippen LogP contribution >= 0.6 is 0 Å². The van der Waals surface area contributed by atoms with Crippen LogP contribution in [-0.4, -0.2) is 33.1 Å². The van der Waals surface area contributed by atoms with Crippen LogP contribution in [0.4, 0.5) is 0 Å². The second-order valence-corrected chi connectivity index (χ2v) is 7.03. The molecule has 1 fully saturated rings. The molecule has 124 valence electrons. The lowest BCUT2D eigenvalue weighted by Gasteiger charge is -2.38. The second-order valence-electron chi connectivity index (χ2n) is 7.03. The number of fused-ring (bicyclic) bond motifs is 1. The molecular weight excluding hydrogens is 286 g/mol. The van der Waals surface area contributed by atoms with Gasteiger partial charge in [0.1, 0.15) is 0 Å². The summed E-state index contributed by atoms with van der Waals surface area (Å²) < 4.78 is 1.79. The Balaban J connectivity index is 1.79. The van der Waals surface area contributed by atoms with Crippen LogP contribution in [0.25, 0.3) is 10.9 Å². The maximum absolute atomic E-state index is 12.7. The summed E-state index contributed by atoms with van der Waals surface area (Å²) in [5.74, 6) is 0. The third-order valence-corrected chi connectivity index (χ3v) is 5.02. The van der Waals surface area contributed by atoms with Crippen LogP contribution in [0.1, 0.15) is 45.1 Å². The molecule has 1 saturated heterocycles. The van der Waals surface area contributed by atoms with Gasteiger partial charge in [0.05, 0.1) is 17.2 Å². The fourth-order valence-electron chi connectivity index (χ4n) is 3.73. The molecule has 0 radical (unpaired) electrons. The summed E-state index contributed by atoms with van der Waals surface area (Å²) in [6.07, 6.45) is 6.58. The summed E-state index contributed by atoms with van der Waals surface area (Å²) in [5.41, 5.74) is 1.98. The first-order valence-corrected chi connectivity index (χ1v) is 8.78. The molecule has 0 amide bonds. The van der Waals surface area contributed by atoms with Gasteiger partial charge in [-0.1, -0.05) is 18.1 Å². The highest BCUT2D eigenvalue weighted by molar-refractivity contribution is 5.77. The molecule has 0 N–H and O–H groups in total. The molecule has 3 rings (SSSR count). The number of likely N-dealkylation sites (tertiary alicyclic amines) is 1. The van der Waals surface area contributed by atoms with Crippen molar-refractivity contribution in [3.05, 3.63) is 40.4 Å². The Morgan fingerprint density at radius 3 is 2.91 bits per heavy atom. The zero-order valence-corrected chi connectivity index (χ0v) is 14.5. The number of aromatic nitrogens is 2. The molecule has 1 unspecified atom stereocenters. The lowest BCUT2D eigenvalue weighted by molar-refractivity contribution is 0.102. The van der Waals surface area contributed by atoms with E-state index in [0.717, 1.165) is 29.4 Å². The van der Waals surface area contributed by atoms with Gasteiger partial charge >= 0.3 is 0 Å². The Morgan fingerprint density at radius 2 is 2.13 bits per heavy atom. The Morgan fingerprint density at radius 1 is 1.30 bits per heavy atom. The Kier molecular flexibility index (Phi) is 4.81. The lowest BCUT2D eigenvalue weighted by atomic mass is 9.97.